The number of nitriles is 1. The molecule has 0 fully saturated rings. The number of hydrogen-bond donors (Lipinski definition) is 3. The summed E-state index contributed by atoms with van der Waals surface area (Å²) < 4.78 is 5.04. The van der Waals surface area contributed by atoms with Crippen LogP contribution in [0, 0.1) is 17.2 Å². The van der Waals surface area contributed by atoms with Crippen LogP contribution in [0.5, 0.6) is 5.75 Å². The van der Waals surface area contributed by atoms with Crippen LogP contribution in [0.3, 0.4) is 0 Å². The number of phenolic OH excluding ortho intramolecular Hbond substituents is 1. The van der Waals surface area contributed by atoms with Gasteiger partial charge in [-0.2, -0.15) is 5.26 Å². The Morgan fingerprint density at radius 1 is 1.29 bits per heavy atom. The molecule has 0 heterocycles. The van der Waals surface area contributed by atoms with Crippen LogP contribution in [0.1, 0.15) is 25.8 Å². The summed E-state index contributed by atoms with van der Waals surface area (Å²) in [6.07, 6.45) is -0.229. The smallest absolute Gasteiger partial charge is 0.407 e. The van der Waals surface area contributed by atoms with E-state index in [2.05, 4.69) is 10.6 Å². The highest BCUT2D eigenvalue weighted by Crippen LogP contribution is 2.11. The molecule has 0 aliphatic carbocycles. The van der Waals surface area contributed by atoms with Gasteiger partial charge in [0, 0.05) is 13.0 Å². The van der Waals surface area contributed by atoms with Crippen molar-refractivity contribution < 1.29 is 19.4 Å². The SMILES string of the molecule is CC(C)COC(=O)NC(Cc1ccc(O)cc1)C(=O)NCCC#N. The quantitative estimate of drug-likeness (QED) is 0.627. The van der Waals surface area contributed by atoms with Crippen molar-refractivity contribution in [1.82, 2.24) is 10.6 Å². The Morgan fingerprint density at radius 3 is 2.54 bits per heavy atom. The maximum Gasteiger partial charge on any atom is 0.407 e. The van der Waals surface area contributed by atoms with Gasteiger partial charge in [0.25, 0.3) is 0 Å². The largest absolute Gasteiger partial charge is 0.508 e. The zero-order valence-corrected chi connectivity index (χ0v) is 13.9. The molecule has 1 unspecified atom stereocenters. The van der Waals surface area contributed by atoms with E-state index in [9.17, 15) is 14.7 Å². The third kappa shape index (κ3) is 7.49. The molecular formula is C17H23N3O4. The van der Waals surface area contributed by atoms with Gasteiger partial charge in [-0.15, -0.1) is 0 Å². The Bertz CT molecular complexity index is 578. The lowest BCUT2D eigenvalue weighted by atomic mass is 10.1. The lowest BCUT2D eigenvalue weighted by Crippen LogP contribution is -2.48. The van der Waals surface area contributed by atoms with Gasteiger partial charge in [0.05, 0.1) is 19.1 Å². The van der Waals surface area contributed by atoms with Crippen LogP contribution in [-0.2, 0) is 16.0 Å². The fourth-order valence-corrected chi connectivity index (χ4v) is 1.87. The first kappa shape index (κ1) is 19.3. The fraction of sp³-hybridized carbons (Fsp3) is 0.471. The minimum absolute atomic E-state index is 0.123. The van der Waals surface area contributed by atoms with Crippen molar-refractivity contribution in [2.24, 2.45) is 5.92 Å². The van der Waals surface area contributed by atoms with Gasteiger partial charge in [-0.1, -0.05) is 26.0 Å². The summed E-state index contributed by atoms with van der Waals surface area (Å²) in [5, 5.41) is 23.0. The van der Waals surface area contributed by atoms with Crippen molar-refractivity contribution in [2.45, 2.75) is 32.7 Å². The molecule has 3 N–H and O–H groups in total. The van der Waals surface area contributed by atoms with Gasteiger partial charge in [0.15, 0.2) is 0 Å². The van der Waals surface area contributed by atoms with Crippen LogP contribution in [0.2, 0.25) is 0 Å². The maximum absolute atomic E-state index is 12.2. The molecule has 0 aromatic heterocycles. The van der Waals surface area contributed by atoms with Crippen LogP contribution in [0.4, 0.5) is 4.79 Å². The molecule has 1 aromatic rings. The third-order valence-electron chi connectivity index (χ3n) is 3.07. The number of carbonyl (C=O) groups is 2. The molecule has 24 heavy (non-hydrogen) atoms. The van der Waals surface area contributed by atoms with Crippen molar-refractivity contribution in [3.63, 3.8) is 0 Å². The number of rotatable bonds is 8. The van der Waals surface area contributed by atoms with Crippen LogP contribution in [0.15, 0.2) is 24.3 Å². The number of nitrogens with zero attached hydrogens (tertiary/aromatic N) is 1. The fourth-order valence-electron chi connectivity index (χ4n) is 1.87. The van der Waals surface area contributed by atoms with E-state index < -0.39 is 12.1 Å². The standard InChI is InChI=1S/C17H23N3O4/c1-12(2)11-24-17(23)20-15(16(22)19-9-3-8-18)10-13-4-6-14(21)7-5-13/h4-7,12,15,21H,3,9-11H2,1-2H3,(H,19,22)(H,20,23). The highest BCUT2D eigenvalue weighted by molar-refractivity contribution is 5.85. The van der Waals surface area contributed by atoms with Crippen molar-refractivity contribution in [3.8, 4) is 11.8 Å². The highest BCUT2D eigenvalue weighted by Gasteiger charge is 2.22. The summed E-state index contributed by atoms with van der Waals surface area (Å²) in [7, 11) is 0. The van der Waals surface area contributed by atoms with Gasteiger partial charge in [-0.3, -0.25) is 4.79 Å². The zero-order valence-electron chi connectivity index (χ0n) is 13.9. The maximum atomic E-state index is 12.2. The molecular weight excluding hydrogens is 310 g/mol. The molecule has 1 atom stereocenters. The number of benzene rings is 1. The monoisotopic (exact) mass is 333 g/mol. The minimum atomic E-state index is -0.826. The second-order valence-electron chi connectivity index (χ2n) is 5.76. The first-order valence-electron chi connectivity index (χ1n) is 7.78. The average Bonchev–Trinajstić information content (AvgIpc) is 2.54. The minimum Gasteiger partial charge on any atom is -0.508 e. The van der Waals surface area contributed by atoms with E-state index in [0.717, 1.165) is 5.56 Å². The van der Waals surface area contributed by atoms with E-state index in [1.807, 2.05) is 19.9 Å². The number of aromatic hydroxyl groups is 1. The molecule has 0 radical (unpaired) electrons. The van der Waals surface area contributed by atoms with Gasteiger partial charge in [0.1, 0.15) is 11.8 Å². The highest BCUT2D eigenvalue weighted by atomic mass is 16.5. The van der Waals surface area contributed by atoms with Crippen molar-refractivity contribution in [1.29, 1.82) is 5.26 Å². The van der Waals surface area contributed by atoms with E-state index in [-0.39, 0.29) is 43.6 Å². The van der Waals surface area contributed by atoms with Crippen LogP contribution in [0.25, 0.3) is 0 Å². The van der Waals surface area contributed by atoms with Gasteiger partial charge >= 0.3 is 6.09 Å². The molecule has 0 spiro atoms. The van der Waals surface area contributed by atoms with E-state index in [0.29, 0.717) is 0 Å². The van der Waals surface area contributed by atoms with E-state index in [1.165, 1.54) is 12.1 Å². The normalized spacial score (nSPS) is 11.4. The number of carbonyl (C=O) groups excluding carboxylic acids is 2. The first-order valence-corrected chi connectivity index (χ1v) is 7.78. The van der Waals surface area contributed by atoms with E-state index in [4.69, 9.17) is 10.00 Å². The Labute approximate surface area is 141 Å². The van der Waals surface area contributed by atoms with Crippen LogP contribution < -0.4 is 10.6 Å². The summed E-state index contributed by atoms with van der Waals surface area (Å²) in [5.74, 6) is -0.0753. The Kier molecular flexibility index (Phi) is 8.13. The number of amides is 2. The van der Waals surface area contributed by atoms with Gasteiger partial charge in [-0.05, 0) is 23.6 Å². The van der Waals surface area contributed by atoms with Gasteiger partial charge < -0.3 is 20.5 Å². The summed E-state index contributed by atoms with van der Waals surface area (Å²) in [5.41, 5.74) is 0.775. The molecule has 7 nitrogen and oxygen atoms in total. The number of phenols is 1. The third-order valence-corrected chi connectivity index (χ3v) is 3.07. The molecule has 130 valence electrons. The molecule has 2 amide bonds. The van der Waals surface area contributed by atoms with Crippen LogP contribution in [-0.4, -0.2) is 36.3 Å². The predicted octanol–water partition coefficient (Wildman–Crippen LogP) is 1.72. The Balaban J connectivity index is 2.70. The molecule has 0 aliphatic heterocycles. The summed E-state index contributed by atoms with van der Waals surface area (Å²) in [4.78, 5) is 24.1. The molecule has 1 rings (SSSR count). The Hall–Kier alpha value is -2.75. The Morgan fingerprint density at radius 2 is 1.96 bits per heavy atom. The summed E-state index contributed by atoms with van der Waals surface area (Å²) in [6, 6.07) is 7.48. The van der Waals surface area contributed by atoms with Crippen molar-refractivity contribution in [2.75, 3.05) is 13.2 Å². The lowest BCUT2D eigenvalue weighted by Gasteiger charge is -2.18. The second-order valence-corrected chi connectivity index (χ2v) is 5.76. The van der Waals surface area contributed by atoms with E-state index in [1.54, 1.807) is 12.1 Å². The predicted molar refractivity (Wildman–Crippen MR) is 88.2 cm³/mol. The molecule has 0 saturated heterocycles. The zero-order chi connectivity index (χ0) is 17.9. The molecule has 0 bridgehead atoms. The number of ether oxygens (including phenoxy) is 1. The van der Waals surface area contributed by atoms with Gasteiger partial charge in [0.2, 0.25) is 5.91 Å². The molecule has 0 aliphatic rings. The summed E-state index contributed by atoms with van der Waals surface area (Å²) in [6.45, 7) is 4.30. The van der Waals surface area contributed by atoms with Gasteiger partial charge in [-0.25, -0.2) is 4.79 Å². The molecule has 0 saturated carbocycles. The number of alkyl carbamates (subject to hydrolysis) is 1. The molecule has 1 aromatic carbocycles. The first-order chi connectivity index (χ1) is 11.4. The number of nitrogens with one attached hydrogen (secondary N) is 2. The van der Waals surface area contributed by atoms with E-state index >= 15 is 0 Å². The second kappa shape index (κ2) is 10.1. The average molecular weight is 333 g/mol. The van der Waals surface area contributed by atoms with Crippen LogP contribution >= 0.6 is 0 Å². The summed E-state index contributed by atoms with van der Waals surface area (Å²) >= 11 is 0. The number of hydrogen-bond acceptors (Lipinski definition) is 5. The van der Waals surface area contributed by atoms with Crippen molar-refractivity contribution >= 4 is 12.0 Å². The topological polar surface area (TPSA) is 111 Å². The lowest BCUT2D eigenvalue weighted by molar-refractivity contribution is -0.123. The molecule has 7 heteroatoms. The van der Waals surface area contributed by atoms with Crippen molar-refractivity contribution in [3.05, 3.63) is 29.8 Å².